The lowest BCUT2D eigenvalue weighted by atomic mass is 10.1. The number of carbonyl (C=O) groups is 2. The molecule has 0 saturated carbocycles. The highest BCUT2D eigenvalue weighted by atomic mass is 16.5. The van der Waals surface area contributed by atoms with Crippen LogP contribution in [0.5, 0.6) is 0 Å². The third-order valence-corrected chi connectivity index (χ3v) is 2.70. The number of carbonyl (C=O) groups excluding carboxylic acids is 2. The van der Waals surface area contributed by atoms with Gasteiger partial charge in [0.15, 0.2) is 5.78 Å². The second-order valence-electron chi connectivity index (χ2n) is 4.05. The first-order valence-electron chi connectivity index (χ1n) is 6.01. The number of benzene rings is 1. The highest BCUT2D eigenvalue weighted by molar-refractivity contribution is 6.06. The van der Waals surface area contributed by atoms with Crippen molar-refractivity contribution >= 4 is 17.8 Å². The summed E-state index contributed by atoms with van der Waals surface area (Å²) in [6.45, 7) is 0. The first kappa shape index (κ1) is 13.7. The van der Waals surface area contributed by atoms with E-state index in [0.717, 1.165) is 5.56 Å². The zero-order valence-electron chi connectivity index (χ0n) is 10.9. The van der Waals surface area contributed by atoms with E-state index in [1.165, 1.54) is 19.4 Å². The van der Waals surface area contributed by atoms with E-state index >= 15 is 0 Å². The highest BCUT2D eigenvalue weighted by Gasteiger charge is 2.04. The van der Waals surface area contributed by atoms with Gasteiger partial charge in [-0.15, -0.1) is 0 Å². The van der Waals surface area contributed by atoms with Gasteiger partial charge in [0.25, 0.3) is 0 Å². The summed E-state index contributed by atoms with van der Waals surface area (Å²) in [5, 5.41) is 0. The van der Waals surface area contributed by atoms with Gasteiger partial charge in [0, 0.05) is 18.0 Å². The molecule has 4 nitrogen and oxygen atoms in total. The molecule has 0 spiro atoms. The molecule has 0 radical (unpaired) electrons. The summed E-state index contributed by atoms with van der Waals surface area (Å²) in [5.74, 6) is -0.498. The Hall–Kier alpha value is -2.75. The second kappa shape index (κ2) is 6.43. The molecular weight excluding hydrogens is 254 g/mol. The van der Waals surface area contributed by atoms with Crippen molar-refractivity contribution in [2.45, 2.75) is 0 Å². The molecule has 0 atom stereocenters. The Balaban J connectivity index is 2.08. The third kappa shape index (κ3) is 3.38. The van der Waals surface area contributed by atoms with Crippen LogP contribution >= 0.6 is 0 Å². The molecule has 0 saturated heterocycles. The highest BCUT2D eigenvalue weighted by Crippen LogP contribution is 2.08. The SMILES string of the molecule is COC(=O)c1ccc(C=CC(=O)c2cccnc2)cc1. The number of methoxy groups -OCH3 is 1. The van der Waals surface area contributed by atoms with Crippen LogP contribution in [0.3, 0.4) is 0 Å². The Labute approximate surface area is 116 Å². The minimum Gasteiger partial charge on any atom is -0.465 e. The number of hydrogen-bond acceptors (Lipinski definition) is 4. The summed E-state index contributed by atoms with van der Waals surface area (Å²) in [6, 6.07) is 10.2. The van der Waals surface area contributed by atoms with Crippen LogP contribution in [-0.4, -0.2) is 23.8 Å². The quantitative estimate of drug-likeness (QED) is 0.485. The van der Waals surface area contributed by atoms with Gasteiger partial charge in [0.05, 0.1) is 12.7 Å². The molecule has 0 aliphatic carbocycles. The predicted octanol–water partition coefficient (Wildman–Crippen LogP) is 2.76. The van der Waals surface area contributed by atoms with Crippen molar-refractivity contribution in [1.82, 2.24) is 4.98 Å². The molecule has 0 fully saturated rings. The van der Waals surface area contributed by atoms with Crippen LogP contribution in [0.1, 0.15) is 26.3 Å². The number of rotatable bonds is 4. The molecule has 0 amide bonds. The summed E-state index contributed by atoms with van der Waals surface area (Å²) in [4.78, 5) is 27.0. The normalized spacial score (nSPS) is 10.4. The van der Waals surface area contributed by atoms with Gasteiger partial charge < -0.3 is 4.74 Å². The molecule has 2 aromatic rings. The van der Waals surface area contributed by atoms with Gasteiger partial charge in [0.2, 0.25) is 0 Å². The van der Waals surface area contributed by atoms with Gasteiger partial charge in [0.1, 0.15) is 0 Å². The number of allylic oxidation sites excluding steroid dienone is 1. The maximum absolute atomic E-state index is 11.8. The predicted molar refractivity (Wildman–Crippen MR) is 75.4 cm³/mol. The number of nitrogens with zero attached hydrogens (tertiary/aromatic N) is 1. The average Bonchev–Trinajstić information content (AvgIpc) is 2.53. The number of aromatic nitrogens is 1. The molecule has 0 unspecified atom stereocenters. The lowest BCUT2D eigenvalue weighted by molar-refractivity contribution is 0.0600. The third-order valence-electron chi connectivity index (χ3n) is 2.70. The minimum atomic E-state index is -0.382. The Morgan fingerprint density at radius 2 is 1.85 bits per heavy atom. The van der Waals surface area contributed by atoms with Crippen LogP contribution in [0.2, 0.25) is 0 Å². The van der Waals surface area contributed by atoms with Crippen molar-refractivity contribution in [3.63, 3.8) is 0 Å². The Morgan fingerprint density at radius 1 is 1.10 bits per heavy atom. The fourth-order valence-electron chi connectivity index (χ4n) is 1.62. The maximum Gasteiger partial charge on any atom is 0.337 e. The van der Waals surface area contributed by atoms with E-state index in [1.807, 2.05) is 0 Å². The zero-order chi connectivity index (χ0) is 14.4. The fraction of sp³-hybridized carbons (Fsp3) is 0.0625. The molecule has 0 bridgehead atoms. The van der Waals surface area contributed by atoms with E-state index < -0.39 is 0 Å². The van der Waals surface area contributed by atoms with Crippen LogP contribution in [0.25, 0.3) is 6.08 Å². The molecule has 0 N–H and O–H groups in total. The Bertz CT molecular complexity index is 631. The van der Waals surface area contributed by atoms with Gasteiger partial charge in [-0.3, -0.25) is 9.78 Å². The number of hydrogen-bond donors (Lipinski definition) is 0. The number of esters is 1. The largest absolute Gasteiger partial charge is 0.465 e. The van der Waals surface area contributed by atoms with Crippen LogP contribution < -0.4 is 0 Å². The second-order valence-corrected chi connectivity index (χ2v) is 4.05. The molecule has 0 aliphatic rings. The summed E-state index contributed by atoms with van der Waals surface area (Å²) >= 11 is 0. The monoisotopic (exact) mass is 267 g/mol. The number of ether oxygens (including phenoxy) is 1. The lowest BCUT2D eigenvalue weighted by Gasteiger charge is -1.99. The van der Waals surface area contributed by atoms with Crippen molar-refractivity contribution in [2.24, 2.45) is 0 Å². The van der Waals surface area contributed by atoms with E-state index in [9.17, 15) is 9.59 Å². The number of ketones is 1. The molecule has 100 valence electrons. The molecule has 20 heavy (non-hydrogen) atoms. The first-order chi connectivity index (χ1) is 9.70. The van der Waals surface area contributed by atoms with Crippen LogP contribution in [0.4, 0.5) is 0 Å². The summed E-state index contributed by atoms with van der Waals surface area (Å²) in [5.41, 5.74) is 1.84. The smallest absolute Gasteiger partial charge is 0.337 e. The van der Waals surface area contributed by atoms with Crippen molar-refractivity contribution in [3.8, 4) is 0 Å². The van der Waals surface area contributed by atoms with Crippen molar-refractivity contribution in [3.05, 3.63) is 71.6 Å². The first-order valence-corrected chi connectivity index (χ1v) is 6.01. The van der Waals surface area contributed by atoms with Gasteiger partial charge in [-0.05, 0) is 35.9 Å². The van der Waals surface area contributed by atoms with Crippen molar-refractivity contribution < 1.29 is 14.3 Å². The van der Waals surface area contributed by atoms with Gasteiger partial charge in [-0.1, -0.05) is 18.2 Å². The van der Waals surface area contributed by atoms with E-state index in [1.54, 1.807) is 48.7 Å². The average molecular weight is 267 g/mol. The summed E-state index contributed by atoms with van der Waals surface area (Å²) in [6.07, 6.45) is 6.31. The molecule has 1 heterocycles. The van der Waals surface area contributed by atoms with Gasteiger partial charge >= 0.3 is 5.97 Å². The molecule has 1 aromatic heterocycles. The van der Waals surface area contributed by atoms with E-state index in [0.29, 0.717) is 11.1 Å². The van der Waals surface area contributed by atoms with Crippen LogP contribution in [-0.2, 0) is 4.74 Å². The van der Waals surface area contributed by atoms with Crippen molar-refractivity contribution in [2.75, 3.05) is 7.11 Å². The fourth-order valence-corrected chi connectivity index (χ4v) is 1.62. The molecule has 0 aliphatic heterocycles. The van der Waals surface area contributed by atoms with Gasteiger partial charge in [-0.25, -0.2) is 4.79 Å². The Kier molecular flexibility index (Phi) is 4.39. The lowest BCUT2D eigenvalue weighted by Crippen LogP contribution is -2.00. The van der Waals surface area contributed by atoms with E-state index in [4.69, 9.17) is 0 Å². The topological polar surface area (TPSA) is 56.3 Å². The van der Waals surface area contributed by atoms with Crippen LogP contribution in [0.15, 0.2) is 54.9 Å². The molecule has 4 heteroatoms. The molecule has 2 rings (SSSR count). The van der Waals surface area contributed by atoms with Gasteiger partial charge in [-0.2, -0.15) is 0 Å². The number of pyridine rings is 1. The Morgan fingerprint density at radius 3 is 2.45 bits per heavy atom. The minimum absolute atomic E-state index is 0.116. The molecule has 1 aromatic carbocycles. The van der Waals surface area contributed by atoms with Crippen LogP contribution in [0, 0.1) is 0 Å². The summed E-state index contributed by atoms with van der Waals surface area (Å²) < 4.78 is 4.61. The molecular formula is C16H13NO3. The zero-order valence-corrected chi connectivity index (χ0v) is 10.9. The summed E-state index contributed by atoms with van der Waals surface area (Å²) in [7, 11) is 1.34. The standard InChI is InChI=1S/C16H13NO3/c1-20-16(19)13-7-4-12(5-8-13)6-9-15(18)14-3-2-10-17-11-14/h2-11H,1H3. The van der Waals surface area contributed by atoms with E-state index in [-0.39, 0.29) is 11.8 Å². The van der Waals surface area contributed by atoms with E-state index in [2.05, 4.69) is 9.72 Å². The maximum atomic E-state index is 11.8. The van der Waals surface area contributed by atoms with Crippen molar-refractivity contribution in [1.29, 1.82) is 0 Å².